The number of urea groups is 1. The van der Waals surface area contributed by atoms with Crippen molar-refractivity contribution in [1.82, 2.24) is 10.2 Å². The molecule has 110 valence electrons. The number of carbonyl (C=O) groups is 1. The van der Waals surface area contributed by atoms with Crippen LogP contribution in [0.15, 0.2) is 24.3 Å². The van der Waals surface area contributed by atoms with Crippen LogP contribution < -0.4 is 5.32 Å². The predicted molar refractivity (Wildman–Crippen MR) is 75.1 cm³/mol. The van der Waals surface area contributed by atoms with E-state index in [1.54, 1.807) is 23.1 Å². The molecule has 1 aromatic carbocycles. The Morgan fingerprint density at radius 2 is 2.00 bits per heavy atom. The van der Waals surface area contributed by atoms with Gasteiger partial charge in [-0.05, 0) is 31.9 Å². The summed E-state index contributed by atoms with van der Waals surface area (Å²) in [4.78, 5) is 13.8. The van der Waals surface area contributed by atoms with Crippen LogP contribution in [0.1, 0.15) is 19.4 Å². The van der Waals surface area contributed by atoms with Crippen LogP contribution in [0.3, 0.4) is 0 Å². The number of carbonyl (C=O) groups excluding carboxylic acids is 1. The summed E-state index contributed by atoms with van der Waals surface area (Å²) < 4.78 is 19.0. The molecular weight excluding hydrogens is 259 g/mol. The minimum Gasteiger partial charge on any atom is -0.372 e. The van der Waals surface area contributed by atoms with Gasteiger partial charge in [-0.3, -0.25) is 0 Å². The number of ether oxygens (including phenoxy) is 1. The average Bonchev–Trinajstić information content (AvgIpc) is 2.39. The minimum atomic E-state index is -0.227. The largest absolute Gasteiger partial charge is 0.372 e. The quantitative estimate of drug-likeness (QED) is 0.922. The van der Waals surface area contributed by atoms with Gasteiger partial charge in [0.05, 0.1) is 12.2 Å². The van der Waals surface area contributed by atoms with Crippen LogP contribution in [0, 0.1) is 5.82 Å². The third-order valence-electron chi connectivity index (χ3n) is 3.34. The molecular formula is C15H21FN2O2. The molecule has 4 nitrogen and oxygen atoms in total. The van der Waals surface area contributed by atoms with Gasteiger partial charge in [0, 0.05) is 19.6 Å². The summed E-state index contributed by atoms with van der Waals surface area (Å²) >= 11 is 0. The SMILES string of the molecule is CC1CN(C(=O)NCCc2ccccc2F)CC(C)O1. The second-order valence-electron chi connectivity index (χ2n) is 5.24. The highest BCUT2D eigenvalue weighted by molar-refractivity contribution is 5.74. The van der Waals surface area contributed by atoms with Crippen molar-refractivity contribution in [2.24, 2.45) is 0 Å². The number of benzene rings is 1. The van der Waals surface area contributed by atoms with Gasteiger partial charge in [-0.25, -0.2) is 9.18 Å². The molecule has 1 saturated heterocycles. The fourth-order valence-corrected chi connectivity index (χ4v) is 2.46. The molecule has 1 aliphatic heterocycles. The fraction of sp³-hybridized carbons (Fsp3) is 0.533. The lowest BCUT2D eigenvalue weighted by molar-refractivity contribution is -0.0544. The molecule has 0 spiro atoms. The van der Waals surface area contributed by atoms with E-state index in [-0.39, 0.29) is 24.1 Å². The molecule has 2 atom stereocenters. The average molecular weight is 280 g/mol. The second-order valence-corrected chi connectivity index (χ2v) is 5.24. The highest BCUT2D eigenvalue weighted by Gasteiger charge is 2.25. The van der Waals surface area contributed by atoms with E-state index >= 15 is 0 Å². The first kappa shape index (κ1) is 14.8. The van der Waals surface area contributed by atoms with Gasteiger partial charge in [0.1, 0.15) is 5.82 Å². The van der Waals surface area contributed by atoms with Crippen LogP contribution in [-0.2, 0) is 11.2 Å². The van der Waals surface area contributed by atoms with E-state index in [2.05, 4.69) is 5.32 Å². The van der Waals surface area contributed by atoms with Crippen LogP contribution >= 0.6 is 0 Å². The Kier molecular flexibility index (Phi) is 4.95. The van der Waals surface area contributed by atoms with Crippen molar-refractivity contribution in [2.45, 2.75) is 32.5 Å². The fourth-order valence-electron chi connectivity index (χ4n) is 2.46. The number of rotatable bonds is 3. The summed E-state index contributed by atoms with van der Waals surface area (Å²) in [6.07, 6.45) is 0.598. The van der Waals surface area contributed by atoms with E-state index < -0.39 is 0 Å². The first-order valence-corrected chi connectivity index (χ1v) is 6.98. The van der Waals surface area contributed by atoms with Crippen LogP contribution in [0.5, 0.6) is 0 Å². The summed E-state index contributed by atoms with van der Waals surface area (Å²) in [5.41, 5.74) is 0.622. The van der Waals surface area contributed by atoms with E-state index in [1.165, 1.54) is 6.07 Å². The van der Waals surface area contributed by atoms with Crippen LogP contribution in [0.25, 0.3) is 0 Å². The number of amides is 2. The van der Waals surface area contributed by atoms with Gasteiger partial charge in [-0.2, -0.15) is 0 Å². The molecule has 0 bridgehead atoms. The number of morpholine rings is 1. The zero-order chi connectivity index (χ0) is 14.5. The third-order valence-corrected chi connectivity index (χ3v) is 3.34. The molecule has 1 fully saturated rings. The molecule has 0 saturated carbocycles. The highest BCUT2D eigenvalue weighted by Crippen LogP contribution is 2.11. The minimum absolute atomic E-state index is 0.0519. The zero-order valence-electron chi connectivity index (χ0n) is 11.9. The first-order chi connectivity index (χ1) is 9.56. The van der Waals surface area contributed by atoms with Crippen molar-refractivity contribution in [3.05, 3.63) is 35.6 Å². The lowest BCUT2D eigenvalue weighted by Gasteiger charge is -2.35. The maximum Gasteiger partial charge on any atom is 0.317 e. The summed E-state index contributed by atoms with van der Waals surface area (Å²) in [5.74, 6) is -0.227. The molecule has 0 aliphatic carbocycles. The van der Waals surface area contributed by atoms with Gasteiger partial charge in [0.25, 0.3) is 0 Å². The number of nitrogens with zero attached hydrogens (tertiary/aromatic N) is 1. The molecule has 20 heavy (non-hydrogen) atoms. The van der Waals surface area contributed by atoms with E-state index in [1.807, 2.05) is 13.8 Å². The van der Waals surface area contributed by atoms with Crippen molar-refractivity contribution in [1.29, 1.82) is 0 Å². The standard InChI is InChI=1S/C15H21FN2O2/c1-11-9-18(10-12(2)20-11)15(19)17-8-7-13-5-3-4-6-14(13)16/h3-6,11-12H,7-10H2,1-2H3,(H,17,19). The van der Waals surface area contributed by atoms with Crippen molar-refractivity contribution < 1.29 is 13.9 Å². The van der Waals surface area contributed by atoms with Crippen molar-refractivity contribution in [3.8, 4) is 0 Å². The smallest absolute Gasteiger partial charge is 0.317 e. The maximum atomic E-state index is 13.4. The highest BCUT2D eigenvalue weighted by atomic mass is 19.1. The number of nitrogens with one attached hydrogen (secondary N) is 1. The Morgan fingerprint density at radius 1 is 1.35 bits per heavy atom. The lowest BCUT2D eigenvalue weighted by Crippen LogP contribution is -2.51. The van der Waals surface area contributed by atoms with Crippen molar-refractivity contribution in [2.75, 3.05) is 19.6 Å². The van der Waals surface area contributed by atoms with E-state index in [4.69, 9.17) is 4.74 Å². The molecule has 0 aromatic heterocycles. The molecule has 5 heteroatoms. The zero-order valence-corrected chi connectivity index (χ0v) is 11.9. The van der Waals surface area contributed by atoms with Gasteiger partial charge >= 0.3 is 6.03 Å². The molecule has 2 rings (SSSR count). The lowest BCUT2D eigenvalue weighted by atomic mass is 10.1. The number of hydrogen-bond donors (Lipinski definition) is 1. The van der Waals surface area contributed by atoms with Crippen molar-refractivity contribution >= 4 is 6.03 Å². The molecule has 1 heterocycles. The van der Waals surface area contributed by atoms with Crippen LogP contribution in [-0.4, -0.2) is 42.8 Å². The van der Waals surface area contributed by atoms with Gasteiger partial charge in [0.2, 0.25) is 0 Å². The summed E-state index contributed by atoms with van der Waals surface area (Å²) in [7, 11) is 0. The van der Waals surface area contributed by atoms with Crippen LogP contribution in [0.2, 0.25) is 0 Å². The molecule has 2 unspecified atom stereocenters. The summed E-state index contributed by atoms with van der Waals surface area (Å²) in [5, 5.41) is 2.83. The number of hydrogen-bond acceptors (Lipinski definition) is 2. The Bertz CT molecular complexity index is 457. The second kappa shape index (κ2) is 6.70. The van der Waals surface area contributed by atoms with Gasteiger partial charge in [0.15, 0.2) is 0 Å². The Hall–Kier alpha value is -1.62. The molecule has 1 N–H and O–H groups in total. The third kappa shape index (κ3) is 3.93. The normalized spacial score (nSPS) is 22.6. The number of halogens is 1. The van der Waals surface area contributed by atoms with Gasteiger partial charge < -0.3 is 15.0 Å². The molecule has 1 aromatic rings. The summed E-state index contributed by atoms with van der Waals surface area (Å²) in [6, 6.07) is 6.52. The Balaban J connectivity index is 1.79. The topological polar surface area (TPSA) is 41.6 Å². The predicted octanol–water partition coefficient (Wildman–Crippen LogP) is 2.19. The Labute approximate surface area is 118 Å². The molecule has 0 radical (unpaired) electrons. The van der Waals surface area contributed by atoms with Crippen molar-refractivity contribution in [3.63, 3.8) is 0 Å². The van der Waals surface area contributed by atoms with E-state index in [0.717, 1.165) is 0 Å². The van der Waals surface area contributed by atoms with Gasteiger partial charge in [-0.15, -0.1) is 0 Å². The van der Waals surface area contributed by atoms with E-state index in [9.17, 15) is 9.18 Å². The first-order valence-electron chi connectivity index (χ1n) is 6.98. The molecule has 2 amide bonds. The Morgan fingerprint density at radius 3 is 2.65 bits per heavy atom. The van der Waals surface area contributed by atoms with E-state index in [0.29, 0.717) is 31.6 Å². The molecule has 1 aliphatic rings. The monoisotopic (exact) mass is 280 g/mol. The van der Waals surface area contributed by atoms with Gasteiger partial charge in [-0.1, -0.05) is 18.2 Å². The maximum absolute atomic E-state index is 13.4. The summed E-state index contributed by atoms with van der Waals surface area (Å²) in [6.45, 7) is 5.52. The van der Waals surface area contributed by atoms with Crippen LogP contribution in [0.4, 0.5) is 9.18 Å².